The maximum Gasteiger partial charge on any atom is 0.265 e. The van der Waals surface area contributed by atoms with Gasteiger partial charge >= 0.3 is 0 Å². The number of carbonyl (C=O) groups excluding carboxylic acids is 2. The molecule has 5 aromatic rings. The highest BCUT2D eigenvalue weighted by Gasteiger charge is 2.27. The summed E-state index contributed by atoms with van der Waals surface area (Å²) in [4.78, 5) is 45.0. The lowest BCUT2D eigenvalue weighted by Gasteiger charge is -2.28. The molecule has 9 heteroatoms. The highest BCUT2D eigenvalue weighted by atomic mass is 19.1. The Morgan fingerprint density at radius 1 is 1.00 bits per heavy atom. The number of carbonyl (C=O) groups is 2. The highest BCUT2D eigenvalue weighted by molar-refractivity contribution is 6.07. The van der Waals surface area contributed by atoms with Crippen LogP contribution < -0.4 is 19.9 Å². The average Bonchev–Trinajstić information content (AvgIpc) is 3.03. The van der Waals surface area contributed by atoms with E-state index < -0.39 is 5.82 Å². The van der Waals surface area contributed by atoms with E-state index >= 15 is 4.39 Å². The van der Waals surface area contributed by atoms with Gasteiger partial charge in [0.1, 0.15) is 23.1 Å². The predicted molar refractivity (Wildman–Crippen MR) is 162 cm³/mol. The molecule has 43 heavy (non-hydrogen) atoms. The Morgan fingerprint density at radius 2 is 1.77 bits per heavy atom. The van der Waals surface area contributed by atoms with Crippen molar-refractivity contribution in [2.45, 2.75) is 6.54 Å². The molecule has 0 saturated carbocycles. The lowest BCUT2D eigenvalue weighted by Crippen LogP contribution is -2.41. The lowest BCUT2D eigenvalue weighted by atomic mass is 10.1. The number of anilines is 1. The fraction of sp³-hybridized carbons (Fsp3) is 0.118. The molecule has 214 valence electrons. The van der Waals surface area contributed by atoms with Crippen molar-refractivity contribution in [3.63, 3.8) is 0 Å². The SMILES string of the molecule is COc1ccc(-c2nc3ccccc3c(=O)n2C/C=C/c2ccc(C(=O)CN3C(=O)COc4ccccc43)cc2)c(F)c1. The molecule has 0 fully saturated rings. The average molecular weight is 576 g/mol. The van der Waals surface area contributed by atoms with Gasteiger partial charge in [-0.1, -0.05) is 60.7 Å². The van der Waals surface area contributed by atoms with E-state index in [1.54, 1.807) is 84.9 Å². The topological polar surface area (TPSA) is 90.7 Å². The number of allylic oxidation sites excluding steroid dienone is 1. The van der Waals surface area contributed by atoms with E-state index in [-0.39, 0.29) is 48.3 Å². The number of halogens is 1. The fourth-order valence-electron chi connectivity index (χ4n) is 4.98. The Balaban J connectivity index is 1.23. The van der Waals surface area contributed by atoms with E-state index in [1.165, 1.54) is 22.6 Å². The summed E-state index contributed by atoms with van der Waals surface area (Å²) >= 11 is 0. The number of nitrogens with zero attached hydrogens (tertiary/aromatic N) is 3. The summed E-state index contributed by atoms with van der Waals surface area (Å²) in [6.07, 6.45) is 3.59. The molecule has 0 bridgehead atoms. The predicted octanol–water partition coefficient (Wildman–Crippen LogP) is 5.53. The maximum absolute atomic E-state index is 15.1. The van der Waals surface area contributed by atoms with Crippen LogP contribution in [0.25, 0.3) is 28.4 Å². The zero-order valence-corrected chi connectivity index (χ0v) is 23.2. The number of benzene rings is 4. The highest BCUT2D eigenvalue weighted by Crippen LogP contribution is 2.31. The Kier molecular flexibility index (Phi) is 7.53. The lowest BCUT2D eigenvalue weighted by molar-refractivity contribution is -0.121. The molecule has 1 aliphatic heterocycles. The molecule has 1 amide bonds. The first kappa shape index (κ1) is 27.6. The Bertz CT molecular complexity index is 1950. The van der Waals surface area contributed by atoms with Gasteiger partial charge in [0.2, 0.25) is 0 Å². The second-order valence-electron chi connectivity index (χ2n) is 9.90. The van der Waals surface area contributed by atoms with E-state index in [9.17, 15) is 14.4 Å². The van der Waals surface area contributed by atoms with Gasteiger partial charge in [0.05, 0.1) is 35.8 Å². The monoisotopic (exact) mass is 575 g/mol. The van der Waals surface area contributed by atoms with Gasteiger partial charge in [-0.05, 0) is 42.0 Å². The summed E-state index contributed by atoms with van der Waals surface area (Å²) in [7, 11) is 1.45. The number of Topliss-reactive ketones (excluding diaryl/α,β-unsaturated/α-hetero) is 1. The number of aromatic nitrogens is 2. The van der Waals surface area contributed by atoms with Crippen LogP contribution in [-0.2, 0) is 11.3 Å². The minimum atomic E-state index is -0.554. The van der Waals surface area contributed by atoms with Crippen LogP contribution in [0.4, 0.5) is 10.1 Å². The van der Waals surface area contributed by atoms with Crippen molar-refractivity contribution in [1.82, 2.24) is 9.55 Å². The third-order valence-corrected chi connectivity index (χ3v) is 7.22. The van der Waals surface area contributed by atoms with Crippen LogP contribution in [0.15, 0.2) is 102 Å². The molecule has 1 aromatic heterocycles. The summed E-state index contributed by atoms with van der Waals surface area (Å²) in [6.45, 7) is -0.0790. The Labute approximate surface area is 246 Å². The van der Waals surface area contributed by atoms with E-state index in [0.717, 1.165) is 5.56 Å². The van der Waals surface area contributed by atoms with Crippen LogP contribution in [0.3, 0.4) is 0 Å². The van der Waals surface area contributed by atoms with Crippen molar-refractivity contribution in [3.8, 4) is 22.9 Å². The number of hydrogen-bond acceptors (Lipinski definition) is 6. The number of amides is 1. The van der Waals surface area contributed by atoms with Crippen LogP contribution in [0.1, 0.15) is 15.9 Å². The molecule has 0 spiro atoms. The number of rotatable bonds is 8. The van der Waals surface area contributed by atoms with Crippen LogP contribution in [0, 0.1) is 5.82 Å². The molecule has 0 aliphatic carbocycles. The molecule has 6 rings (SSSR count). The van der Waals surface area contributed by atoms with Gasteiger partial charge < -0.3 is 9.47 Å². The minimum absolute atomic E-state index is 0.100. The van der Waals surface area contributed by atoms with Gasteiger partial charge in [-0.15, -0.1) is 0 Å². The summed E-state index contributed by atoms with van der Waals surface area (Å²) in [5.74, 6) is 0.0861. The van der Waals surface area contributed by atoms with Crippen LogP contribution in [0.5, 0.6) is 11.5 Å². The standard InChI is InChI=1S/C34H26FN3O5/c1-42-24-16-17-25(27(35)19-24)33-36-28-9-3-2-8-26(28)34(41)37(33)18-6-7-22-12-14-23(15-13-22)30(39)20-38-29-10-4-5-11-31(29)43-21-32(38)40/h2-17,19H,18,20-21H2,1H3/b7-6+. The number of para-hydroxylation sites is 3. The van der Waals surface area contributed by atoms with Gasteiger partial charge in [0.25, 0.3) is 11.5 Å². The van der Waals surface area contributed by atoms with Crippen molar-refractivity contribution in [2.75, 3.05) is 25.2 Å². The summed E-state index contributed by atoms with van der Waals surface area (Å²) in [5, 5.41) is 0.429. The molecule has 1 aliphatic rings. The van der Waals surface area contributed by atoms with Crippen molar-refractivity contribution in [2.24, 2.45) is 0 Å². The third-order valence-electron chi connectivity index (χ3n) is 7.22. The van der Waals surface area contributed by atoms with E-state index in [1.807, 2.05) is 12.1 Å². The molecule has 0 atom stereocenters. The first-order chi connectivity index (χ1) is 20.9. The number of methoxy groups -OCH3 is 1. The van der Waals surface area contributed by atoms with Gasteiger partial charge in [-0.25, -0.2) is 9.37 Å². The molecule has 8 nitrogen and oxygen atoms in total. The van der Waals surface area contributed by atoms with Gasteiger partial charge in [-0.2, -0.15) is 0 Å². The smallest absolute Gasteiger partial charge is 0.265 e. The molecule has 4 aromatic carbocycles. The zero-order chi connectivity index (χ0) is 29.9. The summed E-state index contributed by atoms with van der Waals surface area (Å²) < 4.78 is 27.1. The van der Waals surface area contributed by atoms with E-state index in [2.05, 4.69) is 4.98 Å². The summed E-state index contributed by atoms with van der Waals surface area (Å²) in [5.41, 5.74) is 2.19. The maximum atomic E-state index is 15.1. The normalized spacial score (nSPS) is 12.8. The molecule has 0 saturated heterocycles. The number of ketones is 1. The van der Waals surface area contributed by atoms with Crippen molar-refractivity contribution < 1.29 is 23.5 Å². The first-order valence-corrected chi connectivity index (χ1v) is 13.6. The van der Waals surface area contributed by atoms with Gasteiger partial charge in [0, 0.05) is 18.2 Å². The van der Waals surface area contributed by atoms with Crippen molar-refractivity contribution in [3.05, 3.63) is 124 Å². The molecule has 0 radical (unpaired) electrons. The zero-order valence-electron chi connectivity index (χ0n) is 23.2. The fourth-order valence-corrected chi connectivity index (χ4v) is 4.98. The Morgan fingerprint density at radius 3 is 2.56 bits per heavy atom. The molecule has 2 heterocycles. The van der Waals surface area contributed by atoms with Crippen LogP contribution >= 0.6 is 0 Å². The molecule has 0 N–H and O–H groups in total. The van der Waals surface area contributed by atoms with Crippen molar-refractivity contribution in [1.29, 1.82) is 0 Å². The molecular weight excluding hydrogens is 549 g/mol. The molecular formula is C34H26FN3O5. The van der Waals surface area contributed by atoms with E-state index in [0.29, 0.717) is 33.7 Å². The minimum Gasteiger partial charge on any atom is -0.497 e. The Hall–Kier alpha value is -5.57. The van der Waals surface area contributed by atoms with Crippen LogP contribution in [0.2, 0.25) is 0 Å². The third kappa shape index (κ3) is 5.52. The quantitative estimate of drug-likeness (QED) is 0.226. The first-order valence-electron chi connectivity index (χ1n) is 13.6. The van der Waals surface area contributed by atoms with Gasteiger partial charge in [0.15, 0.2) is 12.4 Å². The van der Waals surface area contributed by atoms with Crippen LogP contribution in [-0.4, -0.2) is 41.5 Å². The van der Waals surface area contributed by atoms with E-state index in [4.69, 9.17) is 9.47 Å². The summed E-state index contributed by atoms with van der Waals surface area (Å²) in [6, 6.07) is 25.4. The molecule has 0 unspecified atom stereocenters. The number of fused-ring (bicyclic) bond motifs is 2. The second kappa shape index (κ2) is 11.7. The number of ether oxygens (including phenoxy) is 2. The number of hydrogen-bond donors (Lipinski definition) is 0. The second-order valence-corrected chi connectivity index (χ2v) is 9.90. The van der Waals surface area contributed by atoms with Gasteiger partial charge in [-0.3, -0.25) is 23.9 Å². The van der Waals surface area contributed by atoms with Crippen molar-refractivity contribution >= 4 is 34.4 Å². The largest absolute Gasteiger partial charge is 0.497 e.